The number of furan rings is 1. The van der Waals surface area contributed by atoms with Crippen molar-refractivity contribution >= 4 is 43.7 Å². The highest BCUT2D eigenvalue weighted by Crippen LogP contribution is 2.39. The third-order valence-electron chi connectivity index (χ3n) is 7.74. The van der Waals surface area contributed by atoms with Crippen LogP contribution in [0.1, 0.15) is 5.56 Å². The molecule has 0 saturated heterocycles. The molecular formula is C37H21N3O. The van der Waals surface area contributed by atoms with Gasteiger partial charge in [0.1, 0.15) is 11.2 Å². The molecule has 0 bridgehead atoms. The van der Waals surface area contributed by atoms with Crippen LogP contribution in [-0.2, 0) is 0 Å². The van der Waals surface area contributed by atoms with Gasteiger partial charge in [0.15, 0.2) is 0 Å². The lowest BCUT2D eigenvalue weighted by molar-refractivity contribution is 0.669. The van der Waals surface area contributed by atoms with E-state index in [-0.39, 0.29) is 0 Å². The summed E-state index contributed by atoms with van der Waals surface area (Å²) in [5.74, 6) is 0. The van der Waals surface area contributed by atoms with E-state index in [0.717, 1.165) is 77.3 Å². The first kappa shape index (κ1) is 23.1. The highest BCUT2D eigenvalue weighted by molar-refractivity contribution is 6.13. The highest BCUT2D eigenvalue weighted by atomic mass is 16.3. The van der Waals surface area contributed by atoms with Crippen LogP contribution in [0.5, 0.6) is 0 Å². The molecule has 41 heavy (non-hydrogen) atoms. The molecule has 0 fully saturated rings. The molecule has 0 amide bonds. The Bertz CT molecular complexity index is 2330. The predicted molar refractivity (Wildman–Crippen MR) is 165 cm³/mol. The first-order valence-corrected chi connectivity index (χ1v) is 13.5. The van der Waals surface area contributed by atoms with E-state index < -0.39 is 0 Å². The van der Waals surface area contributed by atoms with Gasteiger partial charge in [-0.05, 0) is 70.8 Å². The van der Waals surface area contributed by atoms with Gasteiger partial charge in [-0.1, -0.05) is 72.8 Å². The zero-order valence-electron chi connectivity index (χ0n) is 21.9. The summed E-state index contributed by atoms with van der Waals surface area (Å²) in [6, 6.07) is 43.3. The molecule has 3 aromatic heterocycles. The van der Waals surface area contributed by atoms with E-state index in [1.54, 1.807) is 0 Å². The van der Waals surface area contributed by atoms with Crippen LogP contribution in [0.4, 0.5) is 0 Å². The van der Waals surface area contributed by atoms with Crippen molar-refractivity contribution in [3.63, 3.8) is 0 Å². The Kier molecular flexibility index (Phi) is 5.16. The molecule has 0 N–H and O–H groups in total. The lowest BCUT2D eigenvalue weighted by Crippen LogP contribution is -1.88. The van der Waals surface area contributed by atoms with Crippen LogP contribution in [0, 0.1) is 11.3 Å². The smallest absolute Gasteiger partial charge is 0.136 e. The number of nitrogens with zero attached hydrogens (tertiary/aromatic N) is 3. The highest BCUT2D eigenvalue weighted by Gasteiger charge is 2.15. The Hall–Kier alpha value is -5.79. The minimum absolute atomic E-state index is 0.655. The van der Waals surface area contributed by atoms with E-state index in [1.807, 2.05) is 54.7 Å². The standard InChI is InChI=1S/C37H21N3O/c38-22-23-4-1-5-28(20-23)24-9-11-25(12-10-24)30-7-2-8-34-35(30)31-21-29(16-18-33(31)41-34)32-17-15-27-14-13-26-6-3-19-39-36(26)37(27)40-32/h1-21H. The number of rotatable bonds is 3. The van der Waals surface area contributed by atoms with Crippen molar-refractivity contribution in [3.05, 3.63) is 133 Å². The van der Waals surface area contributed by atoms with Crippen molar-refractivity contribution < 1.29 is 4.42 Å². The fourth-order valence-electron chi connectivity index (χ4n) is 5.72. The van der Waals surface area contributed by atoms with Gasteiger partial charge in [-0.2, -0.15) is 5.26 Å². The van der Waals surface area contributed by atoms with Gasteiger partial charge < -0.3 is 4.42 Å². The number of aromatic nitrogens is 2. The zero-order chi connectivity index (χ0) is 27.3. The van der Waals surface area contributed by atoms with Crippen molar-refractivity contribution in [1.29, 1.82) is 5.26 Å². The molecule has 4 nitrogen and oxygen atoms in total. The summed E-state index contributed by atoms with van der Waals surface area (Å²) in [5, 5.41) is 13.6. The number of hydrogen-bond acceptors (Lipinski definition) is 4. The van der Waals surface area contributed by atoms with E-state index in [9.17, 15) is 5.26 Å². The van der Waals surface area contributed by atoms with Crippen molar-refractivity contribution in [3.8, 4) is 39.6 Å². The summed E-state index contributed by atoms with van der Waals surface area (Å²) >= 11 is 0. The quantitative estimate of drug-likeness (QED) is 0.216. The Labute approximate surface area is 235 Å². The summed E-state index contributed by atoms with van der Waals surface area (Å²) in [6.07, 6.45) is 1.82. The SMILES string of the molecule is N#Cc1cccc(-c2ccc(-c3cccc4oc5ccc(-c6ccc7ccc8cccnc8c7n6)cc5c34)cc2)c1. The Morgan fingerprint density at radius 2 is 1.37 bits per heavy atom. The number of benzene rings is 5. The maximum absolute atomic E-state index is 9.28. The normalized spacial score (nSPS) is 11.4. The molecule has 0 aliphatic rings. The lowest BCUT2D eigenvalue weighted by atomic mass is 9.96. The van der Waals surface area contributed by atoms with Crippen LogP contribution in [0.15, 0.2) is 132 Å². The minimum atomic E-state index is 0.655. The molecule has 0 saturated carbocycles. The van der Waals surface area contributed by atoms with Crippen molar-refractivity contribution in [1.82, 2.24) is 9.97 Å². The van der Waals surface area contributed by atoms with E-state index in [0.29, 0.717) is 5.56 Å². The molecule has 0 radical (unpaired) electrons. The van der Waals surface area contributed by atoms with E-state index in [4.69, 9.17) is 9.40 Å². The van der Waals surface area contributed by atoms with Gasteiger partial charge in [-0.25, -0.2) is 4.98 Å². The summed E-state index contributed by atoms with van der Waals surface area (Å²) in [4.78, 5) is 9.68. The van der Waals surface area contributed by atoms with Crippen molar-refractivity contribution in [2.75, 3.05) is 0 Å². The molecule has 0 aliphatic heterocycles. The average Bonchev–Trinajstić information content (AvgIpc) is 3.43. The minimum Gasteiger partial charge on any atom is -0.456 e. The Balaban J connectivity index is 1.26. The van der Waals surface area contributed by atoms with Crippen LogP contribution in [-0.4, -0.2) is 9.97 Å². The predicted octanol–water partition coefficient (Wildman–Crippen LogP) is 9.56. The molecule has 0 unspecified atom stereocenters. The molecular weight excluding hydrogens is 502 g/mol. The topological polar surface area (TPSA) is 62.7 Å². The zero-order valence-corrected chi connectivity index (χ0v) is 21.9. The average molecular weight is 524 g/mol. The van der Waals surface area contributed by atoms with Crippen LogP contribution >= 0.6 is 0 Å². The Morgan fingerprint density at radius 3 is 2.24 bits per heavy atom. The first-order valence-electron chi connectivity index (χ1n) is 13.5. The molecule has 3 heterocycles. The second-order valence-corrected chi connectivity index (χ2v) is 10.2. The number of fused-ring (bicyclic) bond motifs is 6. The van der Waals surface area contributed by atoms with Gasteiger partial charge in [0.05, 0.1) is 28.4 Å². The maximum atomic E-state index is 9.28. The molecule has 8 rings (SSSR count). The van der Waals surface area contributed by atoms with Gasteiger partial charge in [0, 0.05) is 33.3 Å². The van der Waals surface area contributed by atoms with Gasteiger partial charge in [0.2, 0.25) is 0 Å². The van der Waals surface area contributed by atoms with Crippen LogP contribution < -0.4 is 0 Å². The second kappa shape index (κ2) is 9.15. The molecule has 4 heteroatoms. The molecule has 0 atom stereocenters. The van der Waals surface area contributed by atoms with Crippen LogP contribution in [0.2, 0.25) is 0 Å². The molecule has 190 valence electrons. The monoisotopic (exact) mass is 523 g/mol. The number of hydrogen-bond donors (Lipinski definition) is 0. The first-order chi connectivity index (χ1) is 20.2. The molecule has 0 aliphatic carbocycles. The Morgan fingerprint density at radius 1 is 0.585 bits per heavy atom. The molecule has 8 aromatic rings. The molecule has 5 aromatic carbocycles. The summed E-state index contributed by atoms with van der Waals surface area (Å²) in [5.41, 5.74) is 10.4. The van der Waals surface area contributed by atoms with Gasteiger partial charge in [0.25, 0.3) is 0 Å². The van der Waals surface area contributed by atoms with E-state index >= 15 is 0 Å². The van der Waals surface area contributed by atoms with Gasteiger partial charge >= 0.3 is 0 Å². The lowest BCUT2D eigenvalue weighted by Gasteiger charge is -2.08. The second-order valence-electron chi connectivity index (χ2n) is 10.2. The largest absolute Gasteiger partial charge is 0.456 e. The fourth-order valence-corrected chi connectivity index (χ4v) is 5.72. The molecule has 0 spiro atoms. The van der Waals surface area contributed by atoms with Gasteiger partial charge in [-0.15, -0.1) is 0 Å². The van der Waals surface area contributed by atoms with Crippen LogP contribution in [0.3, 0.4) is 0 Å². The third-order valence-corrected chi connectivity index (χ3v) is 7.74. The number of nitriles is 1. The number of pyridine rings is 2. The van der Waals surface area contributed by atoms with Gasteiger partial charge in [-0.3, -0.25) is 4.98 Å². The summed E-state index contributed by atoms with van der Waals surface area (Å²) in [7, 11) is 0. The third kappa shape index (κ3) is 3.83. The van der Waals surface area contributed by atoms with E-state index in [1.165, 1.54) is 0 Å². The maximum Gasteiger partial charge on any atom is 0.136 e. The van der Waals surface area contributed by atoms with Crippen molar-refractivity contribution in [2.24, 2.45) is 0 Å². The summed E-state index contributed by atoms with van der Waals surface area (Å²) < 4.78 is 6.29. The van der Waals surface area contributed by atoms with E-state index in [2.05, 4.69) is 83.8 Å². The van der Waals surface area contributed by atoms with Crippen molar-refractivity contribution in [2.45, 2.75) is 0 Å². The fraction of sp³-hybridized carbons (Fsp3) is 0. The summed E-state index contributed by atoms with van der Waals surface area (Å²) in [6.45, 7) is 0. The van der Waals surface area contributed by atoms with Crippen LogP contribution in [0.25, 0.3) is 77.3 Å².